The van der Waals surface area contributed by atoms with Crippen LogP contribution < -0.4 is 13.8 Å². The summed E-state index contributed by atoms with van der Waals surface area (Å²) in [5.41, 5.74) is 2.03. The molecule has 0 bridgehead atoms. The lowest BCUT2D eigenvalue weighted by Gasteiger charge is -2.47. The van der Waals surface area contributed by atoms with Crippen LogP contribution in [0, 0.1) is 0 Å². The smallest absolute Gasteiger partial charge is 0.374 e. The Hall–Kier alpha value is -4.33. The maximum atomic E-state index is 12.3. The van der Waals surface area contributed by atoms with Crippen molar-refractivity contribution < 1.29 is 39.7 Å². The number of nitrogens with zero attached hydrogens (tertiary/aromatic N) is 2. The summed E-state index contributed by atoms with van der Waals surface area (Å²) in [5.74, 6) is 0.841. The van der Waals surface area contributed by atoms with E-state index in [0.717, 1.165) is 27.1 Å². The Morgan fingerprint density at radius 3 is 2.18 bits per heavy atom. The van der Waals surface area contributed by atoms with Crippen molar-refractivity contribution >= 4 is 64.6 Å². The molecule has 12 heteroatoms. The molecule has 3 heterocycles. The number of aromatic nitrogens is 1. The highest BCUT2D eigenvalue weighted by Crippen LogP contribution is 2.54. The number of ether oxygens (including phenoxy) is 1. The minimum atomic E-state index is -4.62. The highest BCUT2D eigenvalue weighted by Gasteiger charge is 2.61. The van der Waals surface area contributed by atoms with Crippen LogP contribution in [0.15, 0.2) is 107 Å². The van der Waals surface area contributed by atoms with E-state index >= 15 is 0 Å². The summed E-state index contributed by atoms with van der Waals surface area (Å²) in [6.07, 6.45) is 8.91. The van der Waals surface area contributed by atoms with Crippen LogP contribution in [0.25, 0.3) is 38.7 Å². The van der Waals surface area contributed by atoms with Crippen LogP contribution in [0.3, 0.4) is 0 Å². The van der Waals surface area contributed by atoms with Gasteiger partial charge in [0.1, 0.15) is 0 Å². The maximum absolute atomic E-state index is 12.3. The normalized spacial score (nSPS) is 21.0. The molecule has 1 aromatic heterocycles. The number of rotatable bonds is 8. The quantitative estimate of drug-likeness (QED) is 0.0990. The fraction of sp³-hybridized carbons (Fsp3) is 0.182. The Labute approximate surface area is 259 Å². The number of quaternary nitrogens is 1. The molecule has 0 N–H and O–H groups in total. The molecule has 0 radical (unpaired) electrons. The van der Waals surface area contributed by atoms with Gasteiger partial charge in [-0.3, -0.25) is 0 Å². The Morgan fingerprint density at radius 2 is 1.53 bits per heavy atom. The molecule has 0 aliphatic carbocycles. The molecular formula is C33H28N2O8S2. The van der Waals surface area contributed by atoms with E-state index in [2.05, 4.69) is 0 Å². The second-order valence-corrected chi connectivity index (χ2v) is 14.3. The fourth-order valence-corrected chi connectivity index (χ4v) is 7.99. The molecule has 10 nitrogen and oxygen atoms in total. The van der Waals surface area contributed by atoms with Gasteiger partial charge in [-0.1, -0.05) is 66.8 Å². The van der Waals surface area contributed by atoms with E-state index in [0.29, 0.717) is 35.3 Å². The molecule has 7 rings (SSSR count). The number of benzene rings is 4. The van der Waals surface area contributed by atoms with Gasteiger partial charge in [0.05, 0.1) is 29.2 Å². The topological polar surface area (TPSA) is 141 Å². The van der Waals surface area contributed by atoms with Gasteiger partial charge in [-0.2, -0.15) is 4.57 Å². The lowest BCUT2D eigenvalue weighted by Crippen LogP contribution is -2.67. The summed E-state index contributed by atoms with van der Waals surface area (Å²) in [6.45, 7) is 0.672. The van der Waals surface area contributed by atoms with Crippen LogP contribution in [0.2, 0.25) is 0 Å². The lowest BCUT2D eigenvalue weighted by molar-refractivity contribution is -0.677. The molecule has 5 aromatic rings. The van der Waals surface area contributed by atoms with Crippen LogP contribution >= 0.6 is 0 Å². The summed E-state index contributed by atoms with van der Waals surface area (Å²) in [7, 11) is -8.98. The van der Waals surface area contributed by atoms with E-state index < -0.39 is 31.4 Å². The van der Waals surface area contributed by atoms with Crippen LogP contribution in [0.5, 0.6) is 5.75 Å². The van der Waals surface area contributed by atoms with Crippen molar-refractivity contribution in [2.75, 3.05) is 12.3 Å². The summed E-state index contributed by atoms with van der Waals surface area (Å²) in [4.78, 5) is 0. The van der Waals surface area contributed by atoms with Crippen molar-refractivity contribution in [2.24, 2.45) is 0 Å². The van der Waals surface area contributed by atoms with E-state index in [1.807, 2.05) is 77.4 Å². The molecule has 0 saturated carbocycles. The van der Waals surface area contributed by atoms with Gasteiger partial charge in [-0.25, -0.2) is 21.3 Å². The van der Waals surface area contributed by atoms with Crippen molar-refractivity contribution in [1.82, 2.24) is 4.48 Å². The molecule has 2 atom stereocenters. The van der Waals surface area contributed by atoms with Crippen molar-refractivity contribution in [1.29, 1.82) is 0 Å². The average molecular weight is 645 g/mol. The molecule has 2 aliphatic heterocycles. The Bertz CT molecular complexity index is 2310. The molecule has 230 valence electrons. The molecule has 45 heavy (non-hydrogen) atoms. The molecule has 4 aromatic carbocycles. The number of hydrogen-bond donors (Lipinski definition) is 0. The van der Waals surface area contributed by atoms with Crippen molar-refractivity contribution in [3.8, 4) is 5.75 Å². The molecule has 1 spiro atoms. The van der Waals surface area contributed by atoms with Crippen LogP contribution in [-0.2, 0) is 26.8 Å². The molecule has 1 fully saturated rings. The van der Waals surface area contributed by atoms with Crippen LogP contribution in [-0.4, -0.2) is 43.6 Å². The molecule has 0 amide bonds. The highest BCUT2D eigenvalue weighted by molar-refractivity contribution is 7.86. The summed E-state index contributed by atoms with van der Waals surface area (Å²) >= 11 is 0. The molecule has 2 unspecified atom stereocenters. The van der Waals surface area contributed by atoms with Gasteiger partial charge in [0.15, 0.2) is 33.5 Å². The van der Waals surface area contributed by atoms with Gasteiger partial charge in [-0.05, 0) is 33.7 Å². The molecule has 1 saturated heterocycles. The zero-order chi connectivity index (χ0) is 31.4. The third kappa shape index (κ3) is 5.34. The Morgan fingerprint density at radius 1 is 0.867 bits per heavy atom. The van der Waals surface area contributed by atoms with Crippen molar-refractivity contribution in [3.63, 3.8) is 0 Å². The first-order valence-corrected chi connectivity index (χ1v) is 17.5. The van der Waals surface area contributed by atoms with Crippen molar-refractivity contribution in [3.05, 3.63) is 109 Å². The predicted octanol–water partition coefficient (Wildman–Crippen LogP) is 5.05. The summed E-state index contributed by atoms with van der Waals surface area (Å²) in [5, 5.41) is 2.66. The Balaban J connectivity index is 1.21. The number of fused-ring (bicyclic) bond motifs is 5. The molecular weight excluding hydrogens is 617 g/mol. The molecule has 2 aliphatic rings. The minimum Gasteiger partial charge on any atom is -0.748 e. The second kappa shape index (κ2) is 10.9. The average Bonchev–Trinajstić information content (AvgIpc) is 3.47. The van der Waals surface area contributed by atoms with Crippen LogP contribution in [0.1, 0.15) is 18.7 Å². The monoisotopic (exact) mass is 644 g/mol. The van der Waals surface area contributed by atoms with Gasteiger partial charge in [0.2, 0.25) is 5.58 Å². The fourth-order valence-electron chi connectivity index (χ4n) is 6.35. The van der Waals surface area contributed by atoms with Crippen LogP contribution in [0.4, 0.5) is 5.69 Å². The van der Waals surface area contributed by atoms with E-state index in [9.17, 15) is 25.9 Å². The van der Waals surface area contributed by atoms with E-state index in [4.69, 9.17) is 9.15 Å². The third-order valence-corrected chi connectivity index (χ3v) is 10.5. The zero-order valence-electron chi connectivity index (χ0n) is 23.9. The van der Waals surface area contributed by atoms with Gasteiger partial charge < -0.3 is 18.3 Å². The van der Waals surface area contributed by atoms with E-state index in [-0.39, 0.29) is 23.9 Å². The summed E-state index contributed by atoms with van der Waals surface area (Å²) < 4.78 is 84.6. The standard InChI is InChI=1S/C33H28N2O8S2/c36-44(37,38)18-8-16-34-27-19-23-9-4-6-11-25(23)21-29(27)42-31(34)13-2-1-3-14-32-35(17-15-33(35)45(39,40)41)28-20-24-10-5-7-12-26(24)22-30(28)43-32/h1-7,9-14,19-22,33H,8,15-18H2. The number of hydrogen-bond acceptors (Lipinski definition) is 8. The van der Waals surface area contributed by atoms with Crippen molar-refractivity contribution in [2.45, 2.75) is 24.8 Å². The second-order valence-electron chi connectivity index (χ2n) is 11.2. The minimum absolute atomic E-state index is 0.122. The van der Waals surface area contributed by atoms with Gasteiger partial charge in [0, 0.05) is 30.4 Å². The first-order chi connectivity index (χ1) is 21.5. The SMILES string of the molecule is O=S(=O)([O-])CCC[n+]1c(C=CC=CC=C2Oc3cc4ccccc4cc3[N+]23CCC3S(=O)(=O)[O-])oc2cc3ccccc3cc21. The van der Waals surface area contributed by atoms with E-state index in [1.165, 1.54) is 0 Å². The van der Waals surface area contributed by atoms with Gasteiger partial charge >= 0.3 is 11.8 Å². The van der Waals surface area contributed by atoms with Gasteiger partial charge in [0.25, 0.3) is 5.52 Å². The van der Waals surface area contributed by atoms with Gasteiger partial charge in [-0.15, -0.1) is 0 Å². The zero-order valence-corrected chi connectivity index (χ0v) is 25.5. The number of allylic oxidation sites excluding steroid dienone is 4. The van der Waals surface area contributed by atoms with E-state index in [1.54, 1.807) is 30.4 Å². The third-order valence-electron chi connectivity index (χ3n) is 8.49. The first-order valence-electron chi connectivity index (χ1n) is 14.4. The predicted molar refractivity (Wildman–Crippen MR) is 169 cm³/mol. The highest BCUT2D eigenvalue weighted by atomic mass is 32.2. The lowest BCUT2D eigenvalue weighted by atomic mass is 10.0. The number of oxazole rings is 1. The largest absolute Gasteiger partial charge is 0.748 e. The first kappa shape index (κ1) is 29.4. The summed E-state index contributed by atoms with van der Waals surface area (Å²) in [6, 6.07) is 23.1. The number of aryl methyl sites for hydroxylation is 1. The Kier molecular flexibility index (Phi) is 7.14. The maximum Gasteiger partial charge on any atom is 0.374 e.